The van der Waals surface area contributed by atoms with Gasteiger partial charge in [0.05, 0.1) is 37.9 Å². The standard InChI is InChI=1S/C21H27N5O3/c1-15(27)23-20-12-22-21(28-2)11-19(20)24-16-3-5-17(6-4-16)26-13-18(14-26)25-7-9-29-10-8-25/h3-6,11-12,18H,7-10,13-14H2,1-2H3,(H,22,24)(H,23,27). The molecule has 0 radical (unpaired) electrons. The Morgan fingerprint density at radius 3 is 2.55 bits per heavy atom. The van der Waals surface area contributed by atoms with Gasteiger partial charge in [0, 0.05) is 56.6 Å². The first-order chi connectivity index (χ1) is 14.1. The number of carbonyl (C=O) groups excluding carboxylic acids is 1. The fourth-order valence-corrected chi connectivity index (χ4v) is 3.69. The normalized spacial score (nSPS) is 17.5. The number of methoxy groups -OCH3 is 1. The molecule has 0 atom stereocenters. The summed E-state index contributed by atoms with van der Waals surface area (Å²) in [7, 11) is 1.57. The summed E-state index contributed by atoms with van der Waals surface area (Å²) in [5, 5.41) is 6.13. The van der Waals surface area contributed by atoms with Crippen molar-refractivity contribution in [3.63, 3.8) is 0 Å². The van der Waals surface area contributed by atoms with Gasteiger partial charge in [-0.15, -0.1) is 0 Å². The Balaban J connectivity index is 1.39. The van der Waals surface area contributed by atoms with Crippen LogP contribution in [0.25, 0.3) is 0 Å². The van der Waals surface area contributed by atoms with Gasteiger partial charge in [0.2, 0.25) is 11.8 Å². The molecule has 4 rings (SSSR count). The third kappa shape index (κ3) is 4.60. The fraction of sp³-hybridized carbons (Fsp3) is 0.429. The van der Waals surface area contributed by atoms with E-state index in [2.05, 4.69) is 37.6 Å². The molecule has 2 N–H and O–H groups in total. The molecular weight excluding hydrogens is 370 g/mol. The van der Waals surface area contributed by atoms with Crippen molar-refractivity contribution in [2.75, 3.05) is 62.0 Å². The summed E-state index contributed by atoms with van der Waals surface area (Å²) in [6.07, 6.45) is 1.59. The van der Waals surface area contributed by atoms with Crippen molar-refractivity contribution in [1.82, 2.24) is 9.88 Å². The van der Waals surface area contributed by atoms with Gasteiger partial charge in [0.15, 0.2) is 0 Å². The first-order valence-electron chi connectivity index (χ1n) is 9.88. The van der Waals surface area contributed by atoms with Gasteiger partial charge in [-0.3, -0.25) is 9.69 Å². The minimum atomic E-state index is -0.150. The second-order valence-electron chi connectivity index (χ2n) is 7.33. The van der Waals surface area contributed by atoms with E-state index >= 15 is 0 Å². The minimum absolute atomic E-state index is 0.150. The lowest BCUT2D eigenvalue weighted by atomic mass is 10.1. The maximum absolute atomic E-state index is 11.5. The quantitative estimate of drug-likeness (QED) is 0.774. The Kier molecular flexibility index (Phi) is 5.82. The number of carbonyl (C=O) groups is 1. The number of anilines is 4. The molecule has 2 saturated heterocycles. The van der Waals surface area contributed by atoms with E-state index in [9.17, 15) is 4.79 Å². The summed E-state index contributed by atoms with van der Waals surface area (Å²) in [6, 6.07) is 10.7. The number of nitrogens with one attached hydrogen (secondary N) is 2. The zero-order valence-electron chi connectivity index (χ0n) is 16.9. The molecule has 2 aliphatic heterocycles. The number of rotatable bonds is 6. The molecule has 2 aromatic rings. The van der Waals surface area contributed by atoms with Crippen molar-refractivity contribution in [2.24, 2.45) is 0 Å². The number of ether oxygens (including phenoxy) is 2. The number of morpholine rings is 1. The Morgan fingerprint density at radius 2 is 1.90 bits per heavy atom. The van der Waals surface area contributed by atoms with Crippen molar-refractivity contribution >= 4 is 28.7 Å². The molecule has 0 aliphatic carbocycles. The molecule has 0 bridgehead atoms. The lowest BCUT2D eigenvalue weighted by molar-refractivity contribution is -0.114. The second kappa shape index (κ2) is 8.67. The van der Waals surface area contributed by atoms with Crippen LogP contribution in [0, 0.1) is 0 Å². The maximum atomic E-state index is 11.5. The smallest absolute Gasteiger partial charge is 0.221 e. The Morgan fingerprint density at radius 1 is 1.17 bits per heavy atom. The van der Waals surface area contributed by atoms with Crippen LogP contribution >= 0.6 is 0 Å². The van der Waals surface area contributed by atoms with Crippen molar-refractivity contribution in [2.45, 2.75) is 13.0 Å². The summed E-state index contributed by atoms with van der Waals surface area (Å²) >= 11 is 0. The second-order valence-corrected chi connectivity index (χ2v) is 7.33. The maximum Gasteiger partial charge on any atom is 0.221 e. The highest BCUT2D eigenvalue weighted by atomic mass is 16.5. The number of hydrogen-bond donors (Lipinski definition) is 2. The third-order valence-electron chi connectivity index (χ3n) is 5.33. The highest BCUT2D eigenvalue weighted by Crippen LogP contribution is 2.30. The largest absolute Gasteiger partial charge is 0.481 e. The van der Waals surface area contributed by atoms with Crippen LogP contribution in [-0.4, -0.2) is 68.3 Å². The van der Waals surface area contributed by atoms with Crippen molar-refractivity contribution in [3.05, 3.63) is 36.5 Å². The number of pyridine rings is 1. The Hall–Kier alpha value is -2.84. The van der Waals surface area contributed by atoms with Gasteiger partial charge in [-0.2, -0.15) is 0 Å². The number of benzene rings is 1. The minimum Gasteiger partial charge on any atom is -0.481 e. The van der Waals surface area contributed by atoms with Crippen LogP contribution in [0.15, 0.2) is 36.5 Å². The van der Waals surface area contributed by atoms with E-state index in [4.69, 9.17) is 9.47 Å². The van der Waals surface area contributed by atoms with Crippen LogP contribution in [0.2, 0.25) is 0 Å². The van der Waals surface area contributed by atoms with E-state index < -0.39 is 0 Å². The zero-order valence-corrected chi connectivity index (χ0v) is 16.9. The topological polar surface area (TPSA) is 79.0 Å². The summed E-state index contributed by atoms with van der Waals surface area (Å²) in [6.45, 7) is 7.34. The molecule has 0 saturated carbocycles. The highest BCUT2D eigenvalue weighted by Gasteiger charge is 2.32. The zero-order chi connectivity index (χ0) is 20.2. The number of amides is 1. The van der Waals surface area contributed by atoms with Crippen molar-refractivity contribution in [1.29, 1.82) is 0 Å². The van der Waals surface area contributed by atoms with Crippen LogP contribution in [0.4, 0.5) is 22.7 Å². The number of hydrogen-bond acceptors (Lipinski definition) is 7. The molecule has 2 fully saturated rings. The summed E-state index contributed by atoms with van der Waals surface area (Å²) in [5.41, 5.74) is 3.49. The summed E-state index contributed by atoms with van der Waals surface area (Å²) in [5.74, 6) is 0.330. The number of aromatic nitrogens is 1. The van der Waals surface area contributed by atoms with Gasteiger partial charge in [-0.05, 0) is 24.3 Å². The van der Waals surface area contributed by atoms with E-state index in [0.717, 1.165) is 50.8 Å². The Labute approximate surface area is 170 Å². The van der Waals surface area contributed by atoms with Gasteiger partial charge in [-0.1, -0.05) is 0 Å². The van der Waals surface area contributed by atoms with Gasteiger partial charge < -0.3 is 25.0 Å². The first kappa shape index (κ1) is 19.5. The van der Waals surface area contributed by atoms with Gasteiger partial charge in [0.1, 0.15) is 0 Å². The van der Waals surface area contributed by atoms with E-state index in [1.54, 1.807) is 19.4 Å². The van der Waals surface area contributed by atoms with Gasteiger partial charge >= 0.3 is 0 Å². The lowest BCUT2D eigenvalue weighted by Crippen LogP contribution is -2.61. The predicted molar refractivity (Wildman–Crippen MR) is 113 cm³/mol. The molecule has 8 nitrogen and oxygen atoms in total. The molecule has 1 aromatic carbocycles. The van der Waals surface area contributed by atoms with Gasteiger partial charge in [-0.25, -0.2) is 4.98 Å². The van der Waals surface area contributed by atoms with E-state index in [1.807, 2.05) is 12.1 Å². The average molecular weight is 397 g/mol. The van der Waals surface area contributed by atoms with Crippen LogP contribution in [0.3, 0.4) is 0 Å². The molecule has 154 valence electrons. The third-order valence-corrected chi connectivity index (χ3v) is 5.33. The van der Waals surface area contributed by atoms with Crippen LogP contribution in [-0.2, 0) is 9.53 Å². The van der Waals surface area contributed by atoms with E-state index in [-0.39, 0.29) is 5.91 Å². The van der Waals surface area contributed by atoms with Crippen LogP contribution in [0.5, 0.6) is 5.88 Å². The van der Waals surface area contributed by atoms with Crippen molar-refractivity contribution < 1.29 is 14.3 Å². The SMILES string of the molecule is COc1cc(Nc2ccc(N3CC(N4CCOCC4)C3)cc2)c(NC(C)=O)cn1. The number of nitrogens with zero attached hydrogens (tertiary/aromatic N) is 3. The fourth-order valence-electron chi connectivity index (χ4n) is 3.69. The lowest BCUT2D eigenvalue weighted by Gasteiger charge is -2.47. The van der Waals surface area contributed by atoms with Crippen molar-refractivity contribution in [3.8, 4) is 5.88 Å². The first-order valence-corrected chi connectivity index (χ1v) is 9.88. The average Bonchev–Trinajstić information content (AvgIpc) is 2.70. The molecular formula is C21H27N5O3. The molecule has 1 amide bonds. The highest BCUT2D eigenvalue weighted by molar-refractivity contribution is 5.93. The summed E-state index contributed by atoms with van der Waals surface area (Å²) in [4.78, 5) is 20.5. The molecule has 29 heavy (non-hydrogen) atoms. The summed E-state index contributed by atoms with van der Waals surface area (Å²) < 4.78 is 10.6. The monoisotopic (exact) mass is 397 g/mol. The van der Waals surface area contributed by atoms with Crippen LogP contribution < -0.4 is 20.3 Å². The molecule has 0 unspecified atom stereocenters. The predicted octanol–water partition coefficient (Wildman–Crippen LogP) is 2.31. The van der Waals surface area contributed by atoms with E-state index in [1.165, 1.54) is 12.6 Å². The molecule has 8 heteroatoms. The molecule has 1 aromatic heterocycles. The Bertz CT molecular complexity index is 846. The van der Waals surface area contributed by atoms with E-state index in [0.29, 0.717) is 17.6 Å². The van der Waals surface area contributed by atoms with Crippen LogP contribution in [0.1, 0.15) is 6.92 Å². The molecule has 2 aliphatic rings. The van der Waals surface area contributed by atoms with Gasteiger partial charge in [0.25, 0.3) is 0 Å². The molecule has 0 spiro atoms. The molecule has 3 heterocycles.